The molecule has 0 amide bonds. The molecule has 4 heterocycles. The standard InChI is InChI=1S/C41H27N7/c1-46-33-21-10-8-17-30(33)31-19-12-18-29(37(31)46)28-23-24-35-36(25-28)47-34-22-11-9-20-32(34)42-41(47)48(35)40-44-38(26-13-4-2-5-14-26)43-39(45-40)27-15-6-3-7-16-27/h2-25H,1H3. The molecule has 0 N–H and O–H groups in total. The Bertz CT molecular complexity index is 2790. The van der Waals surface area contributed by atoms with Crippen molar-refractivity contribution >= 4 is 49.7 Å². The third kappa shape index (κ3) is 3.88. The van der Waals surface area contributed by atoms with Crippen molar-refractivity contribution in [1.29, 1.82) is 0 Å². The topological polar surface area (TPSA) is 65.8 Å². The minimum Gasteiger partial charge on any atom is -0.343 e. The SMILES string of the molecule is Cn1c2ccccc2c2cccc(-c3ccc4c(c3)n3c5ccccc5nc3n4-c3nc(-c4ccccc4)nc(-c4ccccc4)n3)c21. The normalized spacial score (nSPS) is 11.9. The number of aryl methyl sites for hydroxylation is 1. The van der Waals surface area contributed by atoms with Crippen LogP contribution >= 0.6 is 0 Å². The summed E-state index contributed by atoms with van der Waals surface area (Å²) in [4.78, 5) is 20.2. The van der Waals surface area contributed by atoms with Gasteiger partial charge in [-0.3, -0.25) is 4.40 Å². The second kappa shape index (κ2) is 10.2. The number of hydrogen-bond acceptors (Lipinski definition) is 4. The maximum absolute atomic E-state index is 5.15. The van der Waals surface area contributed by atoms with Crippen LogP contribution in [0.4, 0.5) is 0 Å². The van der Waals surface area contributed by atoms with Crippen LogP contribution in [-0.2, 0) is 7.05 Å². The predicted octanol–water partition coefficient (Wildman–Crippen LogP) is 9.26. The number of hydrogen-bond donors (Lipinski definition) is 0. The maximum Gasteiger partial charge on any atom is 0.241 e. The zero-order valence-corrected chi connectivity index (χ0v) is 26.0. The molecule has 0 spiro atoms. The molecule has 7 nitrogen and oxygen atoms in total. The van der Waals surface area contributed by atoms with E-state index in [2.05, 4.69) is 99.4 Å². The van der Waals surface area contributed by atoms with E-state index in [1.54, 1.807) is 0 Å². The molecule has 0 saturated carbocycles. The molecule has 4 aromatic heterocycles. The quantitative estimate of drug-likeness (QED) is 0.197. The van der Waals surface area contributed by atoms with Crippen LogP contribution in [0, 0.1) is 0 Å². The number of nitrogens with zero attached hydrogens (tertiary/aromatic N) is 7. The van der Waals surface area contributed by atoms with Crippen LogP contribution in [0.2, 0.25) is 0 Å². The Morgan fingerprint density at radius 3 is 1.85 bits per heavy atom. The van der Waals surface area contributed by atoms with Gasteiger partial charge in [0.1, 0.15) is 0 Å². The lowest BCUT2D eigenvalue weighted by atomic mass is 10.0. The molecule has 0 aliphatic carbocycles. The summed E-state index contributed by atoms with van der Waals surface area (Å²) in [5.41, 5.74) is 10.5. The molecule has 0 saturated heterocycles. The van der Waals surface area contributed by atoms with Crippen molar-refractivity contribution in [3.63, 3.8) is 0 Å². The van der Waals surface area contributed by atoms with E-state index < -0.39 is 0 Å². The van der Waals surface area contributed by atoms with Gasteiger partial charge in [0.15, 0.2) is 11.6 Å². The van der Waals surface area contributed by atoms with Gasteiger partial charge in [-0.2, -0.15) is 9.97 Å². The van der Waals surface area contributed by atoms with Gasteiger partial charge in [-0.25, -0.2) is 14.5 Å². The highest BCUT2D eigenvalue weighted by atomic mass is 15.3. The van der Waals surface area contributed by atoms with E-state index in [1.165, 1.54) is 27.4 Å². The first-order valence-electron chi connectivity index (χ1n) is 16.0. The zero-order chi connectivity index (χ0) is 31.8. The lowest BCUT2D eigenvalue weighted by molar-refractivity contribution is 0.937. The molecule has 0 fully saturated rings. The maximum atomic E-state index is 5.15. The van der Waals surface area contributed by atoms with Crippen molar-refractivity contribution in [1.82, 2.24) is 33.5 Å². The molecule has 0 bridgehead atoms. The molecule has 10 rings (SSSR count). The molecular weight excluding hydrogens is 591 g/mol. The first-order chi connectivity index (χ1) is 23.7. The summed E-state index contributed by atoms with van der Waals surface area (Å²) in [6.45, 7) is 0. The van der Waals surface area contributed by atoms with E-state index in [4.69, 9.17) is 19.9 Å². The number of benzene rings is 6. The van der Waals surface area contributed by atoms with Crippen LogP contribution in [0.3, 0.4) is 0 Å². The molecule has 0 unspecified atom stereocenters. The second-order valence-corrected chi connectivity index (χ2v) is 12.1. The van der Waals surface area contributed by atoms with Gasteiger partial charge < -0.3 is 4.57 Å². The van der Waals surface area contributed by atoms with E-state index in [-0.39, 0.29) is 0 Å². The van der Waals surface area contributed by atoms with E-state index in [9.17, 15) is 0 Å². The Kier molecular flexibility index (Phi) is 5.65. The first-order valence-corrected chi connectivity index (χ1v) is 16.0. The fraction of sp³-hybridized carbons (Fsp3) is 0.0244. The van der Waals surface area contributed by atoms with Crippen LogP contribution in [0.5, 0.6) is 0 Å². The average Bonchev–Trinajstić information content (AvgIpc) is 3.79. The molecular formula is C41H27N7. The van der Waals surface area contributed by atoms with Crippen molar-refractivity contribution in [3.05, 3.63) is 146 Å². The summed E-state index contributed by atoms with van der Waals surface area (Å²) in [6, 6.07) is 50.2. The Morgan fingerprint density at radius 1 is 0.458 bits per heavy atom. The van der Waals surface area contributed by atoms with E-state index in [0.717, 1.165) is 44.5 Å². The highest BCUT2D eigenvalue weighted by molar-refractivity contribution is 6.13. The fourth-order valence-electron chi connectivity index (χ4n) is 7.13. The Labute approximate surface area is 275 Å². The number of aromatic nitrogens is 7. The van der Waals surface area contributed by atoms with Crippen LogP contribution in [0.25, 0.3) is 89.5 Å². The Hall–Kier alpha value is -6.60. The largest absolute Gasteiger partial charge is 0.343 e. The van der Waals surface area contributed by atoms with Crippen LogP contribution in [0.15, 0.2) is 146 Å². The van der Waals surface area contributed by atoms with Crippen LogP contribution < -0.4 is 0 Å². The monoisotopic (exact) mass is 617 g/mol. The molecule has 48 heavy (non-hydrogen) atoms. The lowest BCUT2D eigenvalue weighted by Gasteiger charge is -2.10. The smallest absolute Gasteiger partial charge is 0.241 e. The van der Waals surface area contributed by atoms with Gasteiger partial charge in [-0.05, 0) is 35.9 Å². The average molecular weight is 618 g/mol. The van der Waals surface area contributed by atoms with Gasteiger partial charge in [-0.15, -0.1) is 0 Å². The van der Waals surface area contributed by atoms with Crippen LogP contribution in [-0.4, -0.2) is 33.5 Å². The summed E-state index contributed by atoms with van der Waals surface area (Å²) in [5.74, 6) is 2.47. The van der Waals surface area contributed by atoms with Gasteiger partial charge >= 0.3 is 0 Å². The zero-order valence-electron chi connectivity index (χ0n) is 26.0. The lowest BCUT2D eigenvalue weighted by Crippen LogP contribution is -2.07. The molecule has 6 aromatic carbocycles. The minimum absolute atomic E-state index is 0.515. The molecule has 226 valence electrons. The van der Waals surface area contributed by atoms with E-state index >= 15 is 0 Å². The molecule has 0 atom stereocenters. The highest BCUT2D eigenvalue weighted by Gasteiger charge is 2.22. The van der Waals surface area contributed by atoms with E-state index in [0.29, 0.717) is 17.6 Å². The van der Waals surface area contributed by atoms with Gasteiger partial charge in [-0.1, -0.05) is 115 Å². The molecule has 0 aliphatic heterocycles. The summed E-state index contributed by atoms with van der Waals surface area (Å²) in [7, 11) is 2.15. The molecule has 7 heteroatoms. The summed E-state index contributed by atoms with van der Waals surface area (Å²) >= 11 is 0. The second-order valence-electron chi connectivity index (χ2n) is 12.1. The van der Waals surface area contributed by atoms with Gasteiger partial charge in [0.25, 0.3) is 0 Å². The Morgan fingerprint density at radius 2 is 1.10 bits per heavy atom. The summed E-state index contributed by atoms with van der Waals surface area (Å²) in [6.07, 6.45) is 0. The number of para-hydroxylation sites is 4. The highest BCUT2D eigenvalue weighted by Crippen LogP contribution is 2.38. The number of imidazole rings is 2. The van der Waals surface area contributed by atoms with Gasteiger partial charge in [0.05, 0.1) is 27.6 Å². The van der Waals surface area contributed by atoms with Crippen LogP contribution in [0.1, 0.15) is 0 Å². The molecule has 10 aromatic rings. The fourth-order valence-corrected chi connectivity index (χ4v) is 7.13. The van der Waals surface area contributed by atoms with Gasteiger partial charge in [0, 0.05) is 40.0 Å². The van der Waals surface area contributed by atoms with E-state index in [1.807, 2.05) is 66.7 Å². The summed E-state index contributed by atoms with van der Waals surface area (Å²) in [5, 5.41) is 2.50. The van der Waals surface area contributed by atoms with Crippen molar-refractivity contribution in [2.24, 2.45) is 7.05 Å². The van der Waals surface area contributed by atoms with Crippen molar-refractivity contribution in [2.75, 3.05) is 0 Å². The minimum atomic E-state index is 0.515. The first kappa shape index (κ1) is 26.6. The van der Waals surface area contributed by atoms with Crippen molar-refractivity contribution in [2.45, 2.75) is 0 Å². The third-order valence-corrected chi connectivity index (χ3v) is 9.33. The summed E-state index contributed by atoms with van der Waals surface area (Å²) < 4.78 is 6.60. The number of rotatable bonds is 4. The third-order valence-electron chi connectivity index (χ3n) is 9.33. The molecule has 0 radical (unpaired) electrons. The molecule has 0 aliphatic rings. The van der Waals surface area contributed by atoms with Crippen molar-refractivity contribution < 1.29 is 0 Å². The Balaban J connectivity index is 1.28. The van der Waals surface area contributed by atoms with Crippen molar-refractivity contribution in [3.8, 4) is 39.9 Å². The predicted molar refractivity (Wildman–Crippen MR) is 193 cm³/mol. The number of fused-ring (bicyclic) bond motifs is 8. The van der Waals surface area contributed by atoms with Gasteiger partial charge in [0.2, 0.25) is 11.7 Å².